The van der Waals surface area contributed by atoms with Gasteiger partial charge >= 0.3 is 0 Å². The molecule has 0 amide bonds. The van der Waals surface area contributed by atoms with Gasteiger partial charge in [0.1, 0.15) is 11.5 Å². The predicted molar refractivity (Wildman–Crippen MR) is 68.1 cm³/mol. The third-order valence-electron chi connectivity index (χ3n) is 2.36. The maximum absolute atomic E-state index is 11.5. The van der Waals surface area contributed by atoms with Crippen molar-refractivity contribution in [3.8, 4) is 0 Å². The minimum absolute atomic E-state index is 0.0342. The topological polar surface area (TPSA) is 43.4 Å². The molecule has 0 unspecified atom stereocenters. The summed E-state index contributed by atoms with van der Waals surface area (Å²) >= 11 is 0. The summed E-state index contributed by atoms with van der Waals surface area (Å²) in [5, 5.41) is 0. The Morgan fingerprint density at radius 1 is 0.944 bits per heavy atom. The summed E-state index contributed by atoms with van der Waals surface area (Å²) in [6.07, 6.45) is 11.2. The first-order valence-corrected chi connectivity index (χ1v) is 5.76. The van der Waals surface area contributed by atoms with Crippen LogP contribution in [0.25, 0.3) is 0 Å². The quantitative estimate of drug-likeness (QED) is 0.730. The summed E-state index contributed by atoms with van der Waals surface area (Å²) in [4.78, 5) is 11.5. The lowest BCUT2D eigenvalue weighted by Gasteiger charge is -1.88. The van der Waals surface area contributed by atoms with Crippen molar-refractivity contribution in [2.75, 3.05) is 0 Å². The molecule has 2 aromatic heterocycles. The molecule has 3 nitrogen and oxygen atoms in total. The third-order valence-corrected chi connectivity index (χ3v) is 2.36. The highest BCUT2D eigenvalue weighted by Crippen LogP contribution is 2.02. The lowest BCUT2D eigenvalue weighted by atomic mass is 10.2. The van der Waals surface area contributed by atoms with Gasteiger partial charge in [-0.05, 0) is 36.4 Å². The largest absolute Gasteiger partial charge is 0.469 e. The highest BCUT2D eigenvalue weighted by atomic mass is 16.3. The Balaban J connectivity index is 1.74. The molecular formula is C15H14O3. The molecule has 18 heavy (non-hydrogen) atoms. The van der Waals surface area contributed by atoms with Crippen molar-refractivity contribution in [1.29, 1.82) is 0 Å². The molecule has 0 saturated carbocycles. The molecule has 0 aromatic carbocycles. The zero-order valence-corrected chi connectivity index (χ0v) is 9.91. The average molecular weight is 242 g/mol. The molecule has 0 spiro atoms. The number of furan rings is 2. The van der Waals surface area contributed by atoms with E-state index in [0.29, 0.717) is 12.8 Å². The fourth-order valence-electron chi connectivity index (χ4n) is 1.50. The van der Waals surface area contributed by atoms with E-state index >= 15 is 0 Å². The molecule has 0 fully saturated rings. The zero-order chi connectivity index (χ0) is 12.6. The maximum Gasteiger partial charge on any atom is 0.178 e. The highest BCUT2D eigenvalue weighted by Gasteiger charge is 1.94. The van der Waals surface area contributed by atoms with Crippen LogP contribution in [0, 0.1) is 0 Å². The van der Waals surface area contributed by atoms with E-state index in [4.69, 9.17) is 8.83 Å². The van der Waals surface area contributed by atoms with E-state index in [0.717, 1.165) is 11.5 Å². The average Bonchev–Trinajstić information content (AvgIpc) is 3.01. The van der Waals surface area contributed by atoms with E-state index in [-0.39, 0.29) is 5.78 Å². The molecule has 3 heteroatoms. The second kappa shape index (κ2) is 6.45. The van der Waals surface area contributed by atoms with E-state index < -0.39 is 0 Å². The molecule has 0 aliphatic rings. The first kappa shape index (κ1) is 12.2. The second-order valence-corrected chi connectivity index (χ2v) is 3.77. The molecule has 0 atom stereocenters. The second-order valence-electron chi connectivity index (χ2n) is 3.77. The number of carbonyl (C=O) groups is 1. The molecule has 0 bridgehead atoms. The van der Waals surface area contributed by atoms with Crippen molar-refractivity contribution in [2.24, 2.45) is 0 Å². The summed E-state index contributed by atoms with van der Waals surface area (Å²) in [6.45, 7) is 0. The summed E-state index contributed by atoms with van der Waals surface area (Å²) in [7, 11) is 0. The number of hydrogen-bond donors (Lipinski definition) is 0. The third kappa shape index (κ3) is 3.94. The molecule has 2 aromatic rings. The van der Waals surface area contributed by atoms with Gasteiger partial charge < -0.3 is 8.83 Å². The van der Waals surface area contributed by atoms with Crippen LogP contribution in [0.15, 0.2) is 69.9 Å². The molecule has 2 rings (SSSR count). The van der Waals surface area contributed by atoms with E-state index in [2.05, 4.69) is 0 Å². The van der Waals surface area contributed by atoms with Gasteiger partial charge in [0, 0.05) is 12.8 Å². The van der Waals surface area contributed by atoms with Crippen LogP contribution in [0.5, 0.6) is 0 Å². The number of allylic oxidation sites excluding steroid dienone is 4. The van der Waals surface area contributed by atoms with Crippen molar-refractivity contribution in [2.45, 2.75) is 12.8 Å². The fraction of sp³-hybridized carbons (Fsp3) is 0.133. The first-order valence-electron chi connectivity index (χ1n) is 5.76. The Morgan fingerprint density at radius 2 is 1.44 bits per heavy atom. The molecular weight excluding hydrogens is 228 g/mol. The Labute approximate surface area is 105 Å². The van der Waals surface area contributed by atoms with Crippen molar-refractivity contribution in [1.82, 2.24) is 0 Å². The molecule has 0 aliphatic heterocycles. The summed E-state index contributed by atoms with van der Waals surface area (Å²) in [5.41, 5.74) is 0. The molecule has 0 aliphatic carbocycles. The standard InChI is InChI=1S/C15H14O3/c16-13(5-1-7-14-9-3-11-17-14)6-2-8-15-10-4-12-18-15/h1-6,9-12H,7-8H2/b5-1+,6-2+. The Hall–Kier alpha value is -2.29. The van der Waals surface area contributed by atoms with Gasteiger partial charge in [-0.15, -0.1) is 0 Å². The van der Waals surface area contributed by atoms with Gasteiger partial charge in [-0.2, -0.15) is 0 Å². The number of rotatable bonds is 6. The van der Waals surface area contributed by atoms with Gasteiger partial charge in [0.2, 0.25) is 0 Å². The lowest BCUT2D eigenvalue weighted by Crippen LogP contribution is -1.87. The van der Waals surface area contributed by atoms with Gasteiger partial charge in [0.05, 0.1) is 12.5 Å². The monoisotopic (exact) mass is 242 g/mol. The SMILES string of the molecule is O=C(/C=C/Cc1ccco1)/C=C/Cc1ccco1. The highest BCUT2D eigenvalue weighted by molar-refractivity contribution is 5.99. The molecule has 0 radical (unpaired) electrons. The van der Waals surface area contributed by atoms with Crippen LogP contribution in [0.3, 0.4) is 0 Å². The minimum atomic E-state index is -0.0342. The van der Waals surface area contributed by atoms with E-state index in [1.54, 1.807) is 36.8 Å². The van der Waals surface area contributed by atoms with Crippen LogP contribution in [0.4, 0.5) is 0 Å². The Bertz CT molecular complexity index is 468. The van der Waals surface area contributed by atoms with Crippen molar-refractivity contribution in [3.05, 3.63) is 72.6 Å². The number of ketones is 1. The Morgan fingerprint density at radius 3 is 1.83 bits per heavy atom. The lowest BCUT2D eigenvalue weighted by molar-refractivity contribution is -0.110. The van der Waals surface area contributed by atoms with Gasteiger partial charge in [-0.1, -0.05) is 12.2 Å². The minimum Gasteiger partial charge on any atom is -0.469 e. The maximum atomic E-state index is 11.5. The predicted octanol–water partition coefficient (Wildman–Crippen LogP) is 3.34. The normalized spacial score (nSPS) is 11.6. The first-order chi connectivity index (χ1) is 8.84. The number of carbonyl (C=O) groups excluding carboxylic acids is 1. The van der Waals surface area contributed by atoms with E-state index in [1.807, 2.05) is 24.3 Å². The summed E-state index contributed by atoms with van der Waals surface area (Å²) in [6, 6.07) is 7.41. The van der Waals surface area contributed by atoms with Crippen molar-refractivity contribution in [3.63, 3.8) is 0 Å². The number of hydrogen-bond acceptors (Lipinski definition) is 3. The van der Waals surface area contributed by atoms with Crippen molar-refractivity contribution >= 4 is 5.78 Å². The van der Waals surface area contributed by atoms with Crippen LogP contribution in [0.1, 0.15) is 11.5 Å². The van der Waals surface area contributed by atoms with Crippen LogP contribution in [0.2, 0.25) is 0 Å². The summed E-state index contributed by atoms with van der Waals surface area (Å²) in [5.74, 6) is 1.66. The fourth-order valence-corrected chi connectivity index (χ4v) is 1.50. The van der Waals surface area contributed by atoms with Gasteiger partial charge in [0.15, 0.2) is 5.78 Å². The van der Waals surface area contributed by atoms with Crippen molar-refractivity contribution < 1.29 is 13.6 Å². The van der Waals surface area contributed by atoms with Crippen LogP contribution in [-0.2, 0) is 17.6 Å². The molecule has 92 valence electrons. The molecule has 0 saturated heterocycles. The van der Waals surface area contributed by atoms with Crippen LogP contribution >= 0.6 is 0 Å². The van der Waals surface area contributed by atoms with Crippen LogP contribution < -0.4 is 0 Å². The van der Waals surface area contributed by atoms with E-state index in [9.17, 15) is 4.79 Å². The molecule has 2 heterocycles. The van der Waals surface area contributed by atoms with Gasteiger partial charge in [-0.25, -0.2) is 0 Å². The zero-order valence-electron chi connectivity index (χ0n) is 9.91. The van der Waals surface area contributed by atoms with Crippen LogP contribution in [-0.4, -0.2) is 5.78 Å². The van der Waals surface area contributed by atoms with E-state index in [1.165, 1.54) is 0 Å². The van der Waals surface area contributed by atoms with Gasteiger partial charge in [-0.3, -0.25) is 4.79 Å². The summed E-state index contributed by atoms with van der Waals surface area (Å²) < 4.78 is 10.3. The van der Waals surface area contributed by atoms with Gasteiger partial charge in [0.25, 0.3) is 0 Å². The smallest absolute Gasteiger partial charge is 0.178 e. The Kier molecular flexibility index (Phi) is 4.36. The molecule has 0 N–H and O–H groups in total.